The van der Waals surface area contributed by atoms with Crippen LogP contribution in [0.1, 0.15) is 27.2 Å². The molecule has 1 aromatic carbocycles. The molecule has 0 amide bonds. The zero-order valence-electron chi connectivity index (χ0n) is 10.7. The highest BCUT2D eigenvalue weighted by atomic mass is 15.2. The maximum absolute atomic E-state index is 6.13. The van der Waals surface area contributed by atoms with Gasteiger partial charge in [0.15, 0.2) is 0 Å². The van der Waals surface area contributed by atoms with Crippen molar-refractivity contribution < 1.29 is 0 Å². The van der Waals surface area contributed by atoms with Crippen LogP contribution in [0, 0.1) is 0 Å². The number of rotatable bonds is 4. The molecule has 0 aliphatic carbocycles. The summed E-state index contributed by atoms with van der Waals surface area (Å²) in [6, 6.07) is 4.56. The summed E-state index contributed by atoms with van der Waals surface area (Å²) >= 11 is 0. The van der Waals surface area contributed by atoms with Crippen molar-refractivity contribution in [1.82, 2.24) is 10.2 Å². The molecule has 0 aliphatic rings. The van der Waals surface area contributed by atoms with Gasteiger partial charge in [-0.25, -0.2) is 0 Å². The molecule has 92 valence electrons. The molecule has 2 aromatic rings. The lowest BCUT2D eigenvalue weighted by Crippen LogP contribution is -2.32. The molecule has 0 bridgehead atoms. The largest absolute Gasteiger partial charge is 0.397 e. The minimum atomic E-state index is 0.489. The van der Waals surface area contributed by atoms with Gasteiger partial charge in [0.2, 0.25) is 0 Å². The van der Waals surface area contributed by atoms with Gasteiger partial charge in [-0.15, -0.1) is 0 Å². The molecular formula is C13H20N4. The fraction of sp³-hybridized carbons (Fsp3) is 0.462. The summed E-state index contributed by atoms with van der Waals surface area (Å²) in [6.07, 6.45) is 2.91. The van der Waals surface area contributed by atoms with Crippen LogP contribution in [-0.4, -0.2) is 22.8 Å². The molecule has 0 fully saturated rings. The highest BCUT2D eigenvalue weighted by Gasteiger charge is 2.14. The van der Waals surface area contributed by atoms with Gasteiger partial charge in [0.05, 0.1) is 23.1 Å². The number of nitrogens with zero attached hydrogens (tertiary/aromatic N) is 2. The van der Waals surface area contributed by atoms with E-state index in [1.165, 1.54) is 0 Å². The van der Waals surface area contributed by atoms with Gasteiger partial charge in [-0.05, 0) is 32.4 Å². The Bertz CT molecular complexity index is 503. The number of nitrogens with one attached hydrogen (secondary N) is 1. The van der Waals surface area contributed by atoms with Crippen molar-refractivity contribution in [3.05, 3.63) is 18.3 Å². The third kappa shape index (κ3) is 2.07. The van der Waals surface area contributed by atoms with Crippen LogP contribution in [0.15, 0.2) is 18.3 Å². The van der Waals surface area contributed by atoms with E-state index >= 15 is 0 Å². The second-order valence-corrected chi connectivity index (χ2v) is 4.41. The van der Waals surface area contributed by atoms with Crippen molar-refractivity contribution in [2.75, 3.05) is 17.2 Å². The van der Waals surface area contributed by atoms with E-state index in [4.69, 9.17) is 5.73 Å². The monoisotopic (exact) mass is 232 g/mol. The second kappa shape index (κ2) is 4.65. The SMILES string of the molecule is CCC(C)N(CC)c1cc2[nH]ncc2cc1N. The average molecular weight is 232 g/mol. The van der Waals surface area contributed by atoms with Crippen LogP contribution >= 0.6 is 0 Å². The number of aromatic amines is 1. The van der Waals surface area contributed by atoms with Gasteiger partial charge in [-0.3, -0.25) is 5.10 Å². The molecule has 3 N–H and O–H groups in total. The first kappa shape index (κ1) is 11.8. The van der Waals surface area contributed by atoms with Crippen LogP contribution in [0.5, 0.6) is 0 Å². The Morgan fingerprint density at radius 2 is 2.18 bits per heavy atom. The number of hydrogen-bond acceptors (Lipinski definition) is 3. The minimum absolute atomic E-state index is 0.489. The number of aromatic nitrogens is 2. The van der Waals surface area contributed by atoms with Crippen LogP contribution in [0.3, 0.4) is 0 Å². The maximum Gasteiger partial charge on any atom is 0.0672 e. The van der Waals surface area contributed by atoms with Gasteiger partial charge in [0.25, 0.3) is 0 Å². The highest BCUT2D eigenvalue weighted by molar-refractivity contribution is 5.89. The first-order valence-corrected chi connectivity index (χ1v) is 6.16. The molecule has 1 aromatic heterocycles. The molecule has 0 spiro atoms. The van der Waals surface area contributed by atoms with E-state index in [1.807, 2.05) is 6.07 Å². The summed E-state index contributed by atoms with van der Waals surface area (Å²) in [7, 11) is 0. The fourth-order valence-corrected chi connectivity index (χ4v) is 2.19. The van der Waals surface area contributed by atoms with E-state index in [0.29, 0.717) is 6.04 Å². The third-order valence-electron chi connectivity index (χ3n) is 3.36. The number of nitrogen functional groups attached to an aromatic ring is 1. The maximum atomic E-state index is 6.13. The van der Waals surface area contributed by atoms with Crippen LogP contribution in [-0.2, 0) is 0 Å². The summed E-state index contributed by atoms with van der Waals surface area (Å²) in [4.78, 5) is 2.33. The predicted molar refractivity (Wildman–Crippen MR) is 73.3 cm³/mol. The van der Waals surface area contributed by atoms with E-state index in [0.717, 1.165) is 35.2 Å². The van der Waals surface area contributed by atoms with Gasteiger partial charge < -0.3 is 10.6 Å². The van der Waals surface area contributed by atoms with Gasteiger partial charge in [-0.1, -0.05) is 6.92 Å². The Hall–Kier alpha value is -1.71. The normalized spacial score (nSPS) is 12.9. The molecule has 1 heterocycles. The van der Waals surface area contributed by atoms with E-state index in [1.54, 1.807) is 6.20 Å². The summed E-state index contributed by atoms with van der Waals surface area (Å²) in [6.45, 7) is 7.53. The van der Waals surface area contributed by atoms with E-state index in [-0.39, 0.29) is 0 Å². The summed E-state index contributed by atoms with van der Waals surface area (Å²) in [5.74, 6) is 0. The summed E-state index contributed by atoms with van der Waals surface area (Å²) in [5, 5.41) is 8.09. The molecule has 0 aliphatic heterocycles. The number of nitrogens with two attached hydrogens (primary N) is 1. The second-order valence-electron chi connectivity index (χ2n) is 4.41. The number of fused-ring (bicyclic) bond motifs is 1. The quantitative estimate of drug-likeness (QED) is 0.797. The first-order chi connectivity index (χ1) is 8.17. The van der Waals surface area contributed by atoms with Crippen molar-refractivity contribution in [1.29, 1.82) is 0 Å². The van der Waals surface area contributed by atoms with Gasteiger partial charge in [-0.2, -0.15) is 5.10 Å². The average Bonchev–Trinajstić information content (AvgIpc) is 2.76. The lowest BCUT2D eigenvalue weighted by Gasteiger charge is -2.30. The number of anilines is 2. The molecular weight excluding hydrogens is 212 g/mol. The topological polar surface area (TPSA) is 57.9 Å². The van der Waals surface area contributed by atoms with Gasteiger partial charge in [0, 0.05) is 18.0 Å². The van der Waals surface area contributed by atoms with Crippen molar-refractivity contribution >= 4 is 22.3 Å². The molecule has 0 saturated heterocycles. The highest BCUT2D eigenvalue weighted by Crippen LogP contribution is 2.29. The number of benzene rings is 1. The Labute approximate surface area is 102 Å². The third-order valence-corrected chi connectivity index (χ3v) is 3.36. The van der Waals surface area contributed by atoms with Crippen LogP contribution in [0.4, 0.5) is 11.4 Å². The molecule has 1 atom stereocenters. The summed E-state index contributed by atoms with van der Waals surface area (Å²) in [5.41, 5.74) is 9.09. The minimum Gasteiger partial charge on any atom is -0.397 e. The van der Waals surface area contributed by atoms with Gasteiger partial charge in [0.1, 0.15) is 0 Å². The van der Waals surface area contributed by atoms with Crippen molar-refractivity contribution in [3.63, 3.8) is 0 Å². The molecule has 2 rings (SSSR count). The zero-order chi connectivity index (χ0) is 12.4. The number of hydrogen-bond donors (Lipinski definition) is 2. The Morgan fingerprint density at radius 3 is 2.82 bits per heavy atom. The van der Waals surface area contributed by atoms with Crippen molar-refractivity contribution in [2.45, 2.75) is 33.2 Å². The molecule has 1 unspecified atom stereocenters. The Balaban J connectivity index is 2.48. The van der Waals surface area contributed by atoms with E-state index in [9.17, 15) is 0 Å². The van der Waals surface area contributed by atoms with Gasteiger partial charge >= 0.3 is 0 Å². The van der Waals surface area contributed by atoms with E-state index in [2.05, 4.69) is 41.9 Å². The lowest BCUT2D eigenvalue weighted by molar-refractivity contribution is 0.631. The fourth-order valence-electron chi connectivity index (χ4n) is 2.19. The Kier molecular flexibility index (Phi) is 3.22. The number of H-pyrrole nitrogens is 1. The van der Waals surface area contributed by atoms with Crippen LogP contribution in [0.2, 0.25) is 0 Å². The molecule has 4 nitrogen and oxygen atoms in total. The summed E-state index contributed by atoms with van der Waals surface area (Å²) < 4.78 is 0. The smallest absolute Gasteiger partial charge is 0.0672 e. The predicted octanol–water partition coefficient (Wildman–Crippen LogP) is 2.77. The lowest BCUT2D eigenvalue weighted by atomic mass is 10.1. The van der Waals surface area contributed by atoms with E-state index < -0.39 is 0 Å². The molecule has 4 heteroatoms. The molecule has 17 heavy (non-hydrogen) atoms. The van der Waals surface area contributed by atoms with Crippen molar-refractivity contribution in [2.24, 2.45) is 0 Å². The van der Waals surface area contributed by atoms with Crippen LogP contribution < -0.4 is 10.6 Å². The molecule has 0 radical (unpaired) electrons. The van der Waals surface area contributed by atoms with Crippen molar-refractivity contribution in [3.8, 4) is 0 Å². The first-order valence-electron chi connectivity index (χ1n) is 6.16. The zero-order valence-corrected chi connectivity index (χ0v) is 10.7. The van der Waals surface area contributed by atoms with Crippen LogP contribution in [0.25, 0.3) is 10.9 Å². The standard InChI is InChI=1S/C13H20N4/c1-4-9(3)17(5-2)13-7-12-10(6-11(13)14)8-15-16-12/h6-9H,4-5,14H2,1-3H3,(H,15,16). The molecule has 0 saturated carbocycles. The Morgan fingerprint density at radius 1 is 1.41 bits per heavy atom.